The minimum atomic E-state index is -0.262. The molecule has 0 saturated carbocycles. The van der Waals surface area contributed by atoms with E-state index < -0.39 is 0 Å². The molecule has 78 valence electrons. The summed E-state index contributed by atoms with van der Waals surface area (Å²) in [4.78, 5) is 10.8. The topological polar surface area (TPSA) is 47.2 Å². The minimum absolute atomic E-state index is 0.00231. The van der Waals surface area contributed by atoms with Gasteiger partial charge in [-0.3, -0.25) is 4.68 Å². The quantitative estimate of drug-likeness (QED) is 0.696. The van der Waals surface area contributed by atoms with Crippen LogP contribution < -0.4 is 0 Å². The zero-order chi connectivity index (χ0) is 10.8. The van der Waals surface area contributed by atoms with Crippen molar-refractivity contribution >= 4 is 0 Å². The van der Waals surface area contributed by atoms with Crippen LogP contribution in [0.3, 0.4) is 0 Å². The van der Waals surface area contributed by atoms with Gasteiger partial charge < -0.3 is 0 Å². The van der Waals surface area contributed by atoms with Gasteiger partial charge in [-0.05, 0) is 18.4 Å². The lowest BCUT2D eigenvalue weighted by Crippen LogP contribution is -2.32. The summed E-state index contributed by atoms with van der Waals surface area (Å²) in [5.74, 6) is 0. The minimum Gasteiger partial charge on any atom is -0.268 e. The molecule has 0 radical (unpaired) electrons. The molecule has 1 aromatic heterocycles. The summed E-state index contributed by atoms with van der Waals surface area (Å²) in [6.07, 6.45) is 3.57. The highest BCUT2D eigenvalue weighted by atomic mass is 16.3. The number of nitroso groups, excluding NO2 is 1. The van der Waals surface area contributed by atoms with Crippen LogP contribution in [-0.4, -0.2) is 15.8 Å². The maximum atomic E-state index is 10.8. The van der Waals surface area contributed by atoms with E-state index in [1.165, 1.54) is 0 Å². The van der Waals surface area contributed by atoms with Crippen molar-refractivity contribution < 1.29 is 0 Å². The van der Waals surface area contributed by atoms with Crippen molar-refractivity contribution in [3.63, 3.8) is 0 Å². The van der Waals surface area contributed by atoms with Gasteiger partial charge in [-0.2, -0.15) is 10.0 Å². The lowest BCUT2D eigenvalue weighted by Gasteiger charge is -2.29. The fraction of sp³-hybridized carbons (Fsp3) is 0.700. The molecule has 1 rings (SSSR count). The van der Waals surface area contributed by atoms with E-state index in [2.05, 4.69) is 10.3 Å². The molecule has 1 heterocycles. The van der Waals surface area contributed by atoms with Crippen molar-refractivity contribution in [3.05, 3.63) is 23.4 Å². The first-order chi connectivity index (χ1) is 6.46. The normalized spacial score (nSPS) is 16.3. The molecule has 0 spiro atoms. The summed E-state index contributed by atoms with van der Waals surface area (Å²) in [5, 5.41) is 7.32. The van der Waals surface area contributed by atoms with Gasteiger partial charge in [0.05, 0.1) is 6.04 Å². The van der Waals surface area contributed by atoms with Crippen molar-refractivity contribution in [2.75, 3.05) is 0 Å². The van der Waals surface area contributed by atoms with Crippen molar-refractivity contribution in [2.24, 2.45) is 10.6 Å². The molecule has 2 atom stereocenters. The average Bonchev–Trinajstić information content (AvgIpc) is 2.53. The molecule has 4 heteroatoms. The number of rotatable bonds is 3. The molecule has 0 aliphatic carbocycles. The van der Waals surface area contributed by atoms with Gasteiger partial charge in [0.25, 0.3) is 0 Å². The summed E-state index contributed by atoms with van der Waals surface area (Å²) in [7, 11) is 0. The van der Waals surface area contributed by atoms with Crippen molar-refractivity contribution in [1.29, 1.82) is 0 Å². The van der Waals surface area contributed by atoms with Crippen LogP contribution >= 0.6 is 0 Å². The van der Waals surface area contributed by atoms with E-state index in [-0.39, 0.29) is 17.5 Å². The molecule has 0 N–H and O–H groups in total. The SMILES string of the molecule is CC(C(N=O)C(C)(C)C)n1cccn1. The predicted molar refractivity (Wildman–Crippen MR) is 56.0 cm³/mol. The van der Waals surface area contributed by atoms with Gasteiger partial charge in [-0.1, -0.05) is 25.9 Å². The highest BCUT2D eigenvalue weighted by molar-refractivity contribution is 4.90. The van der Waals surface area contributed by atoms with Gasteiger partial charge in [0.1, 0.15) is 6.04 Å². The Kier molecular flexibility index (Phi) is 3.03. The fourth-order valence-corrected chi connectivity index (χ4v) is 1.64. The Morgan fingerprint density at radius 1 is 1.43 bits per heavy atom. The summed E-state index contributed by atoms with van der Waals surface area (Å²) in [6, 6.07) is 1.59. The van der Waals surface area contributed by atoms with Crippen LogP contribution in [0.4, 0.5) is 0 Å². The van der Waals surface area contributed by atoms with Crippen LogP contribution in [0.15, 0.2) is 23.6 Å². The first kappa shape index (κ1) is 10.9. The Hall–Kier alpha value is -1.19. The van der Waals surface area contributed by atoms with E-state index in [0.717, 1.165) is 0 Å². The Morgan fingerprint density at radius 3 is 2.43 bits per heavy atom. The Bertz CT molecular complexity index is 287. The lowest BCUT2D eigenvalue weighted by molar-refractivity contribution is 0.239. The smallest absolute Gasteiger partial charge is 0.119 e. The third kappa shape index (κ3) is 2.19. The molecule has 0 aliphatic heterocycles. The zero-order valence-corrected chi connectivity index (χ0v) is 9.14. The second-order valence-electron chi connectivity index (χ2n) is 4.64. The first-order valence-corrected chi connectivity index (χ1v) is 4.78. The highest BCUT2D eigenvalue weighted by Crippen LogP contribution is 2.30. The molecule has 0 aliphatic rings. The summed E-state index contributed by atoms with van der Waals surface area (Å²) in [6.45, 7) is 8.00. The van der Waals surface area contributed by atoms with Gasteiger partial charge in [0, 0.05) is 12.4 Å². The van der Waals surface area contributed by atoms with E-state index >= 15 is 0 Å². The second-order valence-corrected chi connectivity index (χ2v) is 4.64. The van der Waals surface area contributed by atoms with Gasteiger partial charge in [-0.25, -0.2) is 0 Å². The molecular weight excluding hydrogens is 178 g/mol. The van der Waals surface area contributed by atoms with Gasteiger partial charge in [0.15, 0.2) is 0 Å². The summed E-state index contributed by atoms with van der Waals surface area (Å²) in [5.41, 5.74) is -0.132. The van der Waals surface area contributed by atoms with E-state index in [9.17, 15) is 4.91 Å². The van der Waals surface area contributed by atoms with Crippen molar-refractivity contribution in [1.82, 2.24) is 9.78 Å². The zero-order valence-electron chi connectivity index (χ0n) is 9.14. The van der Waals surface area contributed by atoms with Crippen LogP contribution in [0.2, 0.25) is 0 Å². The largest absolute Gasteiger partial charge is 0.268 e. The maximum absolute atomic E-state index is 10.8. The van der Waals surface area contributed by atoms with E-state index in [1.54, 1.807) is 10.9 Å². The van der Waals surface area contributed by atoms with Crippen molar-refractivity contribution in [3.8, 4) is 0 Å². The number of hydrogen-bond acceptors (Lipinski definition) is 3. The summed E-state index contributed by atoms with van der Waals surface area (Å²) < 4.78 is 1.78. The van der Waals surface area contributed by atoms with E-state index in [4.69, 9.17) is 0 Å². The van der Waals surface area contributed by atoms with Crippen LogP contribution in [-0.2, 0) is 0 Å². The summed E-state index contributed by atoms with van der Waals surface area (Å²) >= 11 is 0. The lowest BCUT2D eigenvalue weighted by atomic mass is 9.83. The molecule has 4 nitrogen and oxygen atoms in total. The monoisotopic (exact) mass is 195 g/mol. The second kappa shape index (κ2) is 3.90. The molecule has 1 aromatic rings. The highest BCUT2D eigenvalue weighted by Gasteiger charge is 2.32. The molecule has 0 fully saturated rings. The van der Waals surface area contributed by atoms with Gasteiger partial charge >= 0.3 is 0 Å². The molecule has 0 bridgehead atoms. The molecule has 2 unspecified atom stereocenters. The average molecular weight is 195 g/mol. The number of hydrogen-bond donors (Lipinski definition) is 0. The van der Waals surface area contributed by atoms with Gasteiger partial charge in [-0.15, -0.1) is 0 Å². The van der Waals surface area contributed by atoms with E-state index in [1.807, 2.05) is 40.0 Å². The Morgan fingerprint density at radius 2 is 2.07 bits per heavy atom. The maximum Gasteiger partial charge on any atom is 0.119 e. The number of nitrogens with zero attached hydrogens (tertiary/aromatic N) is 3. The van der Waals surface area contributed by atoms with Crippen LogP contribution in [0.1, 0.15) is 33.7 Å². The molecule has 0 aromatic carbocycles. The van der Waals surface area contributed by atoms with Crippen LogP contribution in [0, 0.1) is 10.3 Å². The molecule has 0 amide bonds. The third-order valence-corrected chi connectivity index (χ3v) is 2.40. The van der Waals surface area contributed by atoms with E-state index in [0.29, 0.717) is 0 Å². The molecule has 14 heavy (non-hydrogen) atoms. The third-order valence-electron chi connectivity index (χ3n) is 2.40. The predicted octanol–water partition coefficient (Wildman–Crippen LogP) is 2.63. The molecule has 0 saturated heterocycles. The molecular formula is C10H17N3O. The van der Waals surface area contributed by atoms with Crippen molar-refractivity contribution in [2.45, 2.75) is 39.8 Å². The standard InChI is InChI=1S/C10H17N3O/c1-8(13-7-5-6-11-13)9(12-14)10(2,3)4/h5-9H,1-4H3. The van der Waals surface area contributed by atoms with Crippen LogP contribution in [0.5, 0.6) is 0 Å². The fourth-order valence-electron chi connectivity index (χ4n) is 1.64. The first-order valence-electron chi connectivity index (χ1n) is 4.78. The van der Waals surface area contributed by atoms with Gasteiger partial charge in [0.2, 0.25) is 0 Å². The number of aromatic nitrogens is 2. The Balaban J connectivity index is 2.86. The van der Waals surface area contributed by atoms with Crippen LogP contribution in [0.25, 0.3) is 0 Å². The Labute approximate surface area is 84.3 Å².